The van der Waals surface area contributed by atoms with Gasteiger partial charge in [-0.25, -0.2) is 0 Å². The molecule has 0 aromatic heterocycles. The number of benzene rings is 1. The summed E-state index contributed by atoms with van der Waals surface area (Å²) in [6, 6.07) is 7.29. The van der Waals surface area contributed by atoms with Crippen LogP contribution in [0.4, 0.5) is 5.69 Å². The third kappa shape index (κ3) is 3.17. The van der Waals surface area contributed by atoms with Crippen molar-refractivity contribution in [3.05, 3.63) is 24.3 Å². The minimum Gasteiger partial charge on any atom is -0.494 e. The molecule has 5 nitrogen and oxygen atoms in total. The standard InChI is InChI=1S/C16H22N2O3/c1-4-10-21-13-8-6-12(7-9-13)18-11-14(19)17-16(3,5-2)15(18)20/h6-9H,4-5,10-11H2,1-3H3,(H,17,19). The average molecular weight is 290 g/mol. The summed E-state index contributed by atoms with van der Waals surface area (Å²) in [6.07, 6.45) is 1.51. The zero-order chi connectivity index (χ0) is 15.5. The quantitative estimate of drug-likeness (QED) is 0.903. The number of piperazine rings is 1. The molecule has 1 heterocycles. The highest BCUT2D eigenvalue weighted by Crippen LogP contribution is 2.25. The molecule has 1 saturated heterocycles. The number of hydrogen-bond donors (Lipinski definition) is 1. The maximum atomic E-state index is 12.6. The first-order valence-corrected chi connectivity index (χ1v) is 7.36. The average Bonchev–Trinajstić information content (AvgIpc) is 2.49. The zero-order valence-electron chi connectivity index (χ0n) is 12.8. The lowest BCUT2D eigenvalue weighted by Gasteiger charge is -2.39. The van der Waals surface area contributed by atoms with Crippen molar-refractivity contribution in [2.45, 2.75) is 39.2 Å². The second kappa shape index (κ2) is 6.16. The maximum absolute atomic E-state index is 12.6. The number of anilines is 1. The van der Waals surface area contributed by atoms with Crippen molar-refractivity contribution in [2.75, 3.05) is 18.1 Å². The molecule has 1 fully saturated rings. The summed E-state index contributed by atoms with van der Waals surface area (Å²) < 4.78 is 5.52. The second-order valence-electron chi connectivity index (χ2n) is 5.47. The second-order valence-corrected chi connectivity index (χ2v) is 5.47. The Morgan fingerprint density at radius 1 is 1.24 bits per heavy atom. The molecular formula is C16H22N2O3. The highest BCUT2D eigenvalue weighted by molar-refractivity contribution is 6.08. The predicted molar refractivity (Wildman–Crippen MR) is 81.4 cm³/mol. The lowest BCUT2D eigenvalue weighted by atomic mass is 9.94. The third-order valence-electron chi connectivity index (χ3n) is 3.76. The molecule has 1 N–H and O–H groups in total. The monoisotopic (exact) mass is 290 g/mol. The van der Waals surface area contributed by atoms with Gasteiger partial charge in [-0.1, -0.05) is 13.8 Å². The van der Waals surface area contributed by atoms with Gasteiger partial charge in [0, 0.05) is 5.69 Å². The largest absolute Gasteiger partial charge is 0.494 e. The van der Waals surface area contributed by atoms with Crippen LogP contribution in [0, 0.1) is 0 Å². The maximum Gasteiger partial charge on any atom is 0.252 e. The van der Waals surface area contributed by atoms with Gasteiger partial charge in [0.1, 0.15) is 17.8 Å². The topological polar surface area (TPSA) is 58.6 Å². The number of nitrogens with zero attached hydrogens (tertiary/aromatic N) is 1. The fourth-order valence-corrected chi connectivity index (χ4v) is 2.30. The zero-order valence-corrected chi connectivity index (χ0v) is 12.8. The molecule has 5 heteroatoms. The third-order valence-corrected chi connectivity index (χ3v) is 3.76. The molecular weight excluding hydrogens is 268 g/mol. The Kier molecular flexibility index (Phi) is 4.50. The van der Waals surface area contributed by atoms with Crippen LogP contribution in [0.5, 0.6) is 5.75 Å². The summed E-state index contributed by atoms with van der Waals surface area (Å²) in [5.41, 5.74) is -0.106. The molecule has 1 aromatic rings. The van der Waals surface area contributed by atoms with E-state index in [1.54, 1.807) is 6.92 Å². The minimum absolute atomic E-state index is 0.0591. The molecule has 0 radical (unpaired) electrons. The van der Waals surface area contributed by atoms with Crippen LogP contribution < -0.4 is 15.0 Å². The molecule has 2 rings (SSSR count). The number of hydrogen-bond acceptors (Lipinski definition) is 3. The Balaban J connectivity index is 2.20. The van der Waals surface area contributed by atoms with Crippen molar-refractivity contribution >= 4 is 17.5 Å². The molecule has 1 aliphatic heterocycles. The van der Waals surface area contributed by atoms with Crippen molar-refractivity contribution in [2.24, 2.45) is 0 Å². The number of rotatable bonds is 5. The summed E-state index contributed by atoms with van der Waals surface area (Å²) >= 11 is 0. The van der Waals surface area contributed by atoms with Crippen LogP contribution in [0.15, 0.2) is 24.3 Å². The number of nitrogens with one attached hydrogen (secondary N) is 1. The first kappa shape index (κ1) is 15.4. The molecule has 1 unspecified atom stereocenters. The van der Waals surface area contributed by atoms with E-state index in [4.69, 9.17) is 4.74 Å². The van der Waals surface area contributed by atoms with Gasteiger partial charge < -0.3 is 15.0 Å². The van der Waals surface area contributed by atoms with E-state index in [2.05, 4.69) is 5.32 Å². The van der Waals surface area contributed by atoms with E-state index in [9.17, 15) is 9.59 Å². The molecule has 1 aromatic carbocycles. The van der Waals surface area contributed by atoms with Gasteiger partial charge in [0.2, 0.25) is 5.91 Å². The fourth-order valence-electron chi connectivity index (χ4n) is 2.30. The Labute approximate surface area is 125 Å². The van der Waals surface area contributed by atoms with E-state index < -0.39 is 5.54 Å². The van der Waals surface area contributed by atoms with Gasteiger partial charge in [-0.3, -0.25) is 9.59 Å². The Bertz CT molecular complexity index is 527. The number of ether oxygens (including phenoxy) is 1. The summed E-state index contributed by atoms with van der Waals surface area (Å²) in [6.45, 7) is 6.42. The summed E-state index contributed by atoms with van der Waals surface area (Å²) in [5, 5.41) is 2.78. The van der Waals surface area contributed by atoms with Gasteiger partial charge in [0.25, 0.3) is 5.91 Å². The molecule has 0 bridgehead atoms. The van der Waals surface area contributed by atoms with E-state index >= 15 is 0 Å². The fraction of sp³-hybridized carbons (Fsp3) is 0.500. The van der Waals surface area contributed by atoms with Crippen LogP contribution in [-0.2, 0) is 9.59 Å². The van der Waals surface area contributed by atoms with Crippen LogP contribution in [0.25, 0.3) is 0 Å². The van der Waals surface area contributed by atoms with Crippen molar-refractivity contribution in [3.63, 3.8) is 0 Å². The van der Waals surface area contributed by atoms with Gasteiger partial charge in [-0.05, 0) is 44.0 Å². The van der Waals surface area contributed by atoms with Crippen LogP contribution in [0.3, 0.4) is 0 Å². The van der Waals surface area contributed by atoms with Gasteiger partial charge in [0.05, 0.1) is 6.61 Å². The summed E-state index contributed by atoms with van der Waals surface area (Å²) in [4.78, 5) is 25.9. The molecule has 1 atom stereocenters. The lowest BCUT2D eigenvalue weighted by Crippen LogP contribution is -2.65. The number of amides is 2. The van der Waals surface area contributed by atoms with Crippen LogP contribution in [-0.4, -0.2) is 30.5 Å². The van der Waals surface area contributed by atoms with E-state index in [0.29, 0.717) is 13.0 Å². The van der Waals surface area contributed by atoms with Crippen molar-refractivity contribution < 1.29 is 14.3 Å². The molecule has 1 aliphatic rings. The Morgan fingerprint density at radius 3 is 2.48 bits per heavy atom. The van der Waals surface area contributed by atoms with E-state index in [-0.39, 0.29) is 18.4 Å². The van der Waals surface area contributed by atoms with Crippen LogP contribution in [0.2, 0.25) is 0 Å². The van der Waals surface area contributed by atoms with Crippen molar-refractivity contribution in [1.82, 2.24) is 5.32 Å². The Hall–Kier alpha value is -2.04. The van der Waals surface area contributed by atoms with Crippen LogP contribution >= 0.6 is 0 Å². The molecule has 0 spiro atoms. The highest BCUT2D eigenvalue weighted by Gasteiger charge is 2.42. The predicted octanol–water partition coefficient (Wildman–Crippen LogP) is 2.11. The van der Waals surface area contributed by atoms with E-state index in [0.717, 1.165) is 17.9 Å². The Morgan fingerprint density at radius 2 is 1.90 bits per heavy atom. The summed E-state index contributed by atoms with van der Waals surface area (Å²) in [5.74, 6) is 0.560. The number of carbonyl (C=O) groups is 2. The molecule has 2 amide bonds. The van der Waals surface area contributed by atoms with E-state index in [1.165, 1.54) is 4.90 Å². The van der Waals surface area contributed by atoms with Gasteiger partial charge >= 0.3 is 0 Å². The van der Waals surface area contributed by atoms with Crippen molar-refractivity contribution in [3.8, 4) is 5.75 Å². The first-order valence-electron chi connectivity index (χ1n) is 7.36. The smallest absolute Gasteiger partial charge is 0.252 e. The van der Waals surface area contributed by atoms with Crippen LogP contribution in [0.1, 0.15) is 33.6 Å². The van der Waals surface area contributed by atoms with Gasteiger partial charge in [-0.15, -0.1) is 0 Å². The van der Waals surface area contributed by atoms with E-state index in [1.807, 2.05) is 38.1 Å². The van der Waals surface area contributed by atoms with Gasteiger partial charge in [-0.2, -0.15) is 0 Å². The normalized spacial score (nSPS) is 22.1. The summed E-state index contributed by atoms with van der Waals surface area (Å²) in [7, 11) is 0. The SMILES string of the molecule is CCCOc1ccc(N2CC(=O)NC(C)(CC)C2=O)cc1. The molecule has 0 aliphatic carbocycles. The molecule has 0 saturated carbocycles. The molecule has 114 valence electrons. The first-order chi connectivity index (χ1) is 10.00. The molecule has 21 heavy (non-hydrogen) atoms. The highest BCUT2D eigenvalue weighted by atomic mass is 16.5. The minimum atomic E-state index is -0.827. The lowest BCUT2D eigenvalue weighted by molar-refractivity contribution is -0.135. The van der Waals surface area contributed by atoms with Crippen molar-refractivity contribution in [1.29, 1.82) is 0 Å². The van der Waals surface area contributed by atoms with Gasteiger partial charge in [0.15, 0.2) is 0 Å². The number of carbonyl (C=O) groups excluding carboxylic acids is 2.